The predicted molar refractivity (Wildman–Crippen MR) is 106 cm³/mol. The summed E-state index contributed by atoms with van der Waals surface area (Å²) >= 11 is 0. The molecular formula is C22H41NO. The first-order valence-corrected chi connectivity index (χ1v) is 10.6. The van der Waals surface area contributed by atoms with Gasteiger partial charge in [0.2, 0.25) is 0 Å². The molecule has 0 aromatic carbocycles. The van der Waals surface area contributed by atoms with Crippen molar-refractivity contribution in [2.75, 3.05) is 19.8 Å². The Hall–Kier alpha value is -0.600. The van der Waals surface area contributed by atoms with E-state index in [1.165, 1.54) is 96.3 Å². The van der Waals surface area contributed by atoms with Gasteiger partial charge >= 0.3 is 0 Å². The zero-order valence-electron chi connectivity index (χ0n) is 15.9. The second-order valence-electron chi connectivity index (χ2n) is 7.15. The molecule has 2 N–H and O–H groups in total. The third-order valence-corrected chi connectivity index (χ3v) is 4.84. The smallest absolute Gasteiger partial charge is 0.0588 e. The summed E-state index contributed by atoms with van der Waals surface area (Å²) in [6.07, 6.45) is 27.6. The molecule has 0 fully saturated rings. The molecule has 140 valence electrons. The third kappa shape index (κ3) is 13.8. The zero-order valence-corrected chi connectivity index (χ0v) is 15.9. The highest BCUT2D eigenvalue weighted by atomic mass is 16.5. The number of nitrogens with two attached hydrogens (primary N) is 1. The molecule has 0 aliphatic heterocycles. The molecule has 0 amide bonds. The molecule has 0 radical (unpaired) electrons. The topological polar surface area (TPSA) is 35.2 Å². The van der Waals surface area contributed by atoms with Crippen molar-refractivity contribution < 1.29 is 4.74 Å². The monoisotopic (exact) mass is 335 g/mol. The fourth-order valence-electron chi connectivity index (χ4n) is 3.34. The van der Waals surface area contributed by atoms with E-state index in [0.29, 0.717) is 6.54 Å². The van der Waals surface area contributed by atoms with E-state index < -0.39 is 0 Å². The van der Waals surface area contributed by atoms with Crippen LogP contribution in [0.2, 0.25) is 0 Å². The molecule has 0 spiro atoms. The van der Waals surface area contributed by atoms with Crippen LogP contribution in [-0.4, -0.2) is 19.8 Å². The largest absolute Gasteiger partial charge is 0.380 e. The summed E-state index contributed by atoms with van der Waals surface area (Å²) in [5, 5.41) is 0. The van der Waals surface area contributed by atoms with Crippen LogP contribution in [0.4, 0.5) is 0 Å². The van der Waals surface area contributed by atoms with Crippen LogP contribution >= 0.6 is 0 Å². The lowest BCUT2D eigenvalue weighted by atomic mass is 10.00. The standard InChI is InChI=1S/C22H41NO/c23-19-21-24-20-15-10-8-6-4-2-1-3-5-7-9-12-16-22-17-13-11-14-18-22/h13,17-18H,1-12,14-16,19-21,23H2. The number of rotatable bonds is 17. The van der Waals surface area contributed by atoms with Crippen molar-refractivity contribution >= 4 is 0 Å². The number of unbranched alkanes of at least 4 members (excludes halogenated alkanes) is 11. The number of hydrogen-bond donors (Lipinski definition) is 1. The van der Waals surface area contributed by atoms with Gasteiger partial charge in [-0.1, -0.05) is 88.0 Å². The lowest BCUT2D eigenvalue weighted by molar-refractivity contribution is 0.137. The van der Waals surface area contributed by atoms with E-state index in [0.717, 1.165) is 13.2 Å². The van der Waals surface area contributed by atoms with Crippen LogP contribution in [0.3, 0.4) is 0 Å². The molecule has 24 heavy (non-hydrogen) atoms. The normalized spacial score (nSPS) is 14.1. The Morgan fingerprint density at radius 2 is 1.29 bits per heavy atom. The summed E-state index contributed by atoms with van der Waals surface area (Å²) in [5.41, 5.74) is 6.96. The first-order valence-electron chi connectivity index (χ1n) is 10.6. The molecule has 2 heteroatoms. The number of hydrogen-bond acceptors (Lipinski definition) is 2. The molecule has 0 aromatic rings. The molecule has 0 aromatic heterocycles. The summed E-state index contributed by atoms with van der Waals surface area (Å²) in [7, 11) is 0. The van der Waals surface area contributed by atoms with E-state index in [1.54, 1.807) is 5.57 Å². The number of ether oxygens (including phenoxy) is 1. The summed E-state index contributed by atoms with van der Waals surface area (Å²) < 4.78 is 5.39. The molecule has 0 atom stereocenters. The lowest BCUT2D eigenvalue weighted by Crippen LogP contribution is -2.08. The van der Waals surface area contributed by atoms with Crippen molar-refractivity contribution in [3.05, 3.63) is 23.8 Å². The summed E-state index contributed by atoms with van der Waals surface area (Å²) in [6.45, 7) is 2.26. The van der Waals surface area contributed by atoms with Gasteiger partial charge in [0.1, 0.15) is 0 Å². The maximum Gasteiger partial charge on any atom is 0.0588 e. The van der Waals surface area contributed by atoms with Crippen molar-refractivity contribution in [3.8, 4) is 0 Å². The molecule has 1 aliphatic carbocycles. The van der Waals surface area contributed by atoms with Gasteiger partial charge in [-0.2, -0.15) is 0 Å². The lowest BCUT2D eigenvalue weighted by Gasteiger charge is -2.06. The van der Waals surface area contributed by atoms with Crippen LogP contribution < -0.4 is 5.73 Å². The van der Waals surface area contributed by atoms with Gasteiger partial charge in [0.15, 0.2) is 0 Å². The van der Waals surface area contributed by atoms with Crippen LogP contribution in [0, 0.1) is 0 Å². The van der Waals surface area contributed by atoms with E-state index in [1.807, 2.05) is 0 Å². The molecule has 1 rings (SSSR count). The van der Waals surface area contributed by atoms with Gasteiger partial charge in [0, 0.05) is 13.2 Å². The van der Waals surface area contributed by atoms with Gasteiger partial charge in [0.25, 0.3) is 0 Å². The van der Waals surface area contributed by atoms with Crippen LogP contribution in [0.1, 0.15) is 96.3 Å². The second kappa shape index (κ2) is 17.2. The van der Waals surface area contributed by atoms with Gasteiger partial charge in [-0.05, 0) is 32.1 Å². The third-order valence-electron chi connectivity index (χ3n) is 4.84. The molecule has 1 aliphatic rings. The molecule has 2 nitrogen and oxygen atoms in total. The van der Waals surface area contributed by atoms with E-state index in [2.05, 4.69) is 18.2 Å². The van der Waals surface area contributed by atoms with Crippen LogP contribution in [0.25, 0.3) is 0 Å². The molecule has 0 heterocycles. The van der Waals surface area contributed by atoms with E-state index >= 15 is 0 Å². The Balaban J connectivity index is 1.69. The Labute approximate surface area is 150 Å². The first-order chi connectivity index (χ1) is 11.9. The van der Waals surface area contributed by atoms with Crippen molar-refractivity contribution in [2.24, 2.45) is 5.73 Å². The molecule has 0 bridgehead atoms. The highest BCUT2D eigenvalue weighted by Crippen LogP contribution is 2.17. The van der Waals surface area contributed by atoms with Crippen molar-refractivity contribution in [1.82, 2.24) is 0 Å². The SMILES string of the molecule is NCCOCCCCCCCCCCCCCCC1=CCCC=C1. The molecular weight excluding hydrogens is 294 g/mol. The maximum absolute atomic E-state index is 5.39. The average molecular weight is 336 g/mol. The quantitative estimate of drug-likeness (QED) is 0.316. The Morgan fingerprint density at radius 1 is 0.708 bits per heavy atom. The minimum Gasteiger partial charge on any atom is -0.380 e. The predicted octanol–water partition coefficient (Wildman–Crippen LogP) is 6.31. The zero-order chi connectivity index (χ0) is 17.1. The Bertz CT molecular complexity index is 322. The van der Waals surface area contributed by atoms with Crippen LogP contribution in [0.5, 0.6) is 0 Å². The average Bonchev–Trinajstić information content (AvgIpc) is 2.62. The highest BCUT2D eigenvalue weighted by Gasteiger charge is 1.98. The molecule has 0 unspecified atom stereocenters. The van der Waals surface area contributed by atoms with Crippen LogP contribution in [0.15, 0.2) is 23.8 Å². The summed E-state index contributed by atoms with van der Waals surface area (Å²) in [6, 6.07) is 0. The molecule has 0 saturated heterocycles. The van der Waals surface area contributed by atoms with Crippen molar-refractivity contribution in [1.29, 1.82) is 0 Å². The van der Waals surface area contributed by atoms with E-state index in [4.69, 9.17) is 10.5 Å². The number of allylic oxidation sites excluding steroid dienone is 4. The van der Waals surface area contributed by atoms with Gasteiger partial charge in [0.05, 0.1) is 6.61 Å². The minimum atomic E-state index is 0.648. The minimum absolute atomic E-state index is 0.648. The van der Waals surface area contributed by atoms with Gasteiger partial charge in [-0.25, -0.2) is 0 Å². The van der Waals surface area contributed by atoms with Gasteiger partial charge < -0.3 is 10.5 Å². The van der Waals surface area contributed by atoms with E-state index in [9.17, 15) is 0 Å². The highest BCUT2D eigenvalue weighted by molar-refractivity contribution is 5.21. The van der Waals surface area contributed by atoms with Crippen LogP contribution in [-0.2, 0) is 4.74 Å². The Morgan fingerprint density at radius 3 is 1.83 bits per heavy atom. The second-order valence-corrected chi connectivity index (χ2v) is 7.15. The summed E-state index contributed by atoms with van der Waals surface area (Å²) in [4.78, 5) is 0. The van der Waals surface area contributed by atoms with Crippen molar-refractivity contribution in [3.63, 3.8) is 0 Å². The van der Waals surface area contributed by atoms with E-state index in [-0.39, 0.29) is 0 Å². The fraction of sp³-hybridized carbons (Fsp3) is 0.818. The fourth-order valence-corrected chi connectivity index (χ4v) is 3.34. The summed E-state index contributed by atoms with van der Waals surface area (Å²) in [5.74, 6) is 0. The van der Waals surface area contributed by atoms with Gasteiger partial charge in [-0.3, -0.25) is 0 Å². The van der Waals surface area contributed by atoms with Gasteiger partial charge in [-0.15, -0.1) is 0 Å². The molecule has 0 saturated carbocycles. The first kappa shape index (κ1) is 21.4. The Kier molecular flexibility index (Phi) is 15.4. The maximum atomic E-state index is 5.39. The van der Waals surface area contributed by atoms with Crippen molar-refractivity contribution in [2.45, 2.75) is 96.3 Å².